The lowest BCUT2D eigenvalue weighted by Gasteiger charge is -2.11. The zero-order chi connectivity index (χ0) is 22.1. The van der Waals surface area contributed by atoms with Gasteiger partial charge in [-0.25, -0.2) is 9.37 Å². The van der Waals surface area contributed by atoms with Crippen molar-refractivity contribution in [3.05, 3.63) is 42.6 Å². The molecule has 2 atom stereocenters. The molecule has 0 spiro atoms. The number of anilines is 1. The summed E-state index contributed by atoms with van der Waals surface area (Å²) < 4.78 is 23.2. The number of hydrogen-bond donors (Lipinski definition) is 2. The van der Waals surface area contributed by atoms with Gasteiger partial charge in [0, 0.05) is 36.5 Å². The van der Waals surface area contributed by atoms with Gasteiger partial charge in [-0.3, -0.25) is 4.68 Å². The second-order valence-corrected chi connectivity index (χ2v) is 7.86. The normalized spacial score (nSPS) is 18.5. The molecule has 5 rings (SSSR count). The molecule has 10 nitrogen and oxygen atoms in total. The van der Waals surface area contributed by atoms with Crippen LogP contribution in [0, 0.1) is 5.82 Å². The minimum atomic E-state index is -0.398. The van der Waals surface area contributed by atoms with E-state index in [-0.39, 0.29) is 12.1 Å². The minimum Gasteiger partial charge on any atom is -0.393 e. The van der Waals surface area contributed by atoms with Crippen LogP contribution in [0.1, 0.15) is 19.3 Å². The van der Waals surface area contributed by atoms with Crippen LogP contribution in [0.15, 0.2) is 36.8 Å². The van der Waals surface area contributed by atoms with Crippen molar-refractivity contribution >= 4 is 17.1 Å². The number of aromatic nitrogens is 7. The smallest absolute Gasteiger partial charge is 0.225 e. The summed E-state index contributed by atoms with van der Waals surface area (Å²) in [6.07, 6.45) is 6.98. The average molecular weight is 438 g/mol. The number of nitrogens with zero attached hydrogens (tertiary/aromatic N) is 7. The monoisotopic (exact) mass is 438 g/mol. The molecular formula is C21H23FN8O2. The van der Waals surface area contributed by atoms with Crippen molar-refractivity contribution < 1.29 is 14.2 Å². The van der Waals surface area contributed by atoms with Crippen LogP contribution in [-0.4, -0.2) is 65.7 Å². The molecule has 4 aromatic rings. The molecule has 0 radical (unpaired) electrons. The summed E-state index contributed by atoms with van der Waals surface area (Å²) in [5.74, 6) is 0.0329. The van der Waals surface area contributed by atoms with E-state index in [1.165, 1.54) is 10.7 Å². The molecule has 0 bridgehead atoms. The number of hydrogen-bond acceptors (Lipinski definition) is 8. The number of halogens is 1. The fraction of sp³-hybridized carbons (Fsp3) is 0.381. The molecule has 0 saturated heterocycles. The molecule has 1 aromatic carbocycles. The molecule has 0 aliphatic heterocycles. The maximum atomic E-state index is 15.0. The Hall–Kier alpha value is -3.44. The molecule has 1 saturated carbocycles. The summed E-state index contributed by atoms with van der Waals surface area (Å²) in [6, 6.07) is 4.98. The minimum absolute atomic E-state index is 0.119. The Morgan fingerprint density at radius 1 is 1.28 bits per heavy atom. The van der Waals surface area contributed by atoms with Crippen molar-refractivity contribution in [3.63, 3.8) is 0 Å². The number of methoxy groups -OCH3 is 1. The van der Waals surface area contributed by atoms with Gasteiger partial charge in [0.25, 0.3) is 0 Å². The Kier molecular flexibility index (Phi) is 5.50. The number of ether oxygens (including phenoxy) is 1. The molecule has 32 heavy (non-hydrogen) atoms. The van der Waals surface area contributed by atoms with Crippen LogP contribution in [-0.2, 0) is 11.3 Å². The van der Waals surface area contributed by atoms with Crippen LogP contribution in [0.3, 0.4) is 0 Å². The average Bonchev–Trinajstić information content (AvgIpc) is 3.52. The highest BCUT2D eigenvalue weighted by molar-refractivity contribution is 5.72. The van der Waals surface area contributed by atoms with Gasteiger partial charge in [0.05, 0.1) is 37.3 Å². The van der Waals surface area contributed by atoms with Gasteiger partial charge in [0.1, 0.15) is 5.82 Å². The highest BCUT2D eigenvalue weighted by atomic mass is 19.1. The second kappa shape index (κ2) is 8.60. The van der Waals surface area contributed by atoms with Crippen molar-refractivity contribution in [3.8, 4) is 16.8 Å². The van der Waals surface area contributed by atoms with Crippen molar-refractivity contribution in [2.24, 2.45) is 0 Å². The fourth-order valence-corrected chi connectivity index (χ4v) is 3.92. The predicted molar refractivity (Wildman–Crippen MR) is 115 cm³/mol. The number of nitrogens with one attached hydrogen (secondary N) is 1. The summed E-state index contributed by atoms with van der Waals surface area (Å²) in [5.41, 5.74) is 2.60. The Morgan fingerprint density at radius 3 is 2.97 bits per heavy atom. The van der Waals surface area contributed by atoms with Gasteiger partial charge in [0.15, 0.2) is 11.2 Å². The number of benzene rings is 1. The zero-order valence-electron chi connectivity index (χ0n) is 17.5. The maximum Gasteiger partial charge on any atom is 0.225 e. The molecule has 2 N–H and O–H groups in total. The van der Waals surface area contributed by atoms with Crippen LogP contribution in [0.2, 0.25) is 0 Å². The van der Waals surface area contributed by atoms with E-state index < -0.39 is 5.82 Å². The van der Waals surface area contributed by atoms with E-state index >= 15 is 0 Å². The summed E-state index contributed by atoms with van der Waals surface area (Å²) >= 11 is 0. The standard InChI is InChI=1S/C21H23FN8O2/c1-32-7-6-29-12-13(10-24-29)17-5-3-15(9-18(17)22)30-20-19(27-28-30)11-23-21(26-20)25-14-2-4-16(31)8-14/h3,5,9-12,14,16,31H,2,4,6-8H2,1H3,(H,23,25,26). The van der Waals surface area contributed by atoms with Crippen LogP contribution >= 0.6 is 0 Å². The van der Waals surface area contributed by atoms with E-state index in [1.807, 2.05) is 0 Å². The highest BCUT2D eigenvalue weighted by Crippen LogP contribution is 2.26. The maximum absolute atomic E-state index is 15.0. The number of rotatable bonds is 7. The molecule has 3 aromatic heterocycles. The van der Waals surface area contributed by atoms with Gasteiger partial charge >= 0.3 is 0 Å². The SMILES string of the molecule is COCCn1cc(-c2ccc(-n3nnc4cnc(NC5CCC(O)C5)nc43)cc2F)cn1. The van der Waals surface area contributed by atoms with E-state index in [4.69, 9.17) is 4.74 Å². The van der Waals surface area contributed by atoms with Crippen molar-refractivity contribution in [1.82, 2.24) is 34.7 Å². The number of aliphatic hydroxyl groups excluding tert-OH is 1. The van der Waals surface area contributed by atoms with E-state index in [0.29, 0.717) is 53.5 Å². The summed E-state index contributed by atoms with van der Waals surface area (Å²) in [7, 11) is 1.62. The second-order valence-electron chi connectivity index (χ2n) is 7.86. The van der Waals surface area contributed by atoms with E-state index in [0.717, 1.165) is 12.8 Å². The molecule has 1 aliphatic carbocycles. The first-order chi connectivity index (χ1) is 15.6. The molecule has 1 aliphatic rings. The van der Waals surface area contributed by atoms with Crippen molar-refractivity contribution in [2.45, 2.75) is 38.0 Å². The van der Waals surface area contributed by atoms with E-state index in [2.05, 4.69) is 30.7 Å². The van der Waals surface area contributed by atoms with Crippen molar-refractivity contribution in [2.75, 3.05) is 19.0 Å². The molecule has 11 heteroatoms. The number of fused-ring (bicyclic) bond motifs is 1. The third-order valence-electron chi connectivity index (χ3n) is 5.60. The van der Waals surface area contributed by atoms with Crippen LogP contribution in [0.25, 0.3) is 28.0 Å². The molecule has 0 amide bonds. The Balaban J connectivity index is 1.41. The Bertz CT molecular complexity index is 1240. The lowest BCUT2D eigenvalue weighted by Crippen LogP contribution is -2.18. The molecule has 3 heterocycles. The first kappa shape index (κ1) is 20.5. The Labute approximate surface area is 183 Å². The third-order valence-corrected chi connectivity index (χ3v) is 5.60. The first-order valence-corrected chi connectivity index (χ1v) is 10.5. The van der Waals surface area contributed by atoms with Gasteiger partial charge in [0.2, 0.25) is 5.95 Å². The molecular weight excluding hydrogens is 415 g/mol. The topological polar surface area (TPSA) is 116 Å². The predicted octanol–water partition coefficient (Wildman–Crippen LogP) is 2.18. The van der Waals surface area contributed by atoms with Crippen molar-refractivity contribution in [1.29, 1.82) is 0 Å². The zero-order valence-corrected chi connectivity index (χ0v) is 17.5. The third kappa shape index (κ3) is 4.04. The summed E-state index contributed by atoms with van der Waals surface area (Å²) in [4.78, 5) is 8.81. The van der Waals surface area contributed by atoms with Crippen LogP contribution in [0.4, 0.5) is 10.3 Å². The van der Waals surface area contributed by atoms with Crippen LogP contribution < -0.4 is 5.32 Å². The lowest BCUT2D eigenvalue weighted by molar-refractivity contribution is 0.182. The molecule has 1 fully saturated rings. The van der Waals surface area contributed by atoms with E-state index in [9.17, 15) is 9.50 Å². The fourth-order valence-electron chi connectivity index (χ4n) is 3.92. The van der Waals surface area contributed by atoms with Gasteiger partial charge in [-0.1, -0.05) is 5.21 Å². The molecule has 166 valence electrons. The highest BCUT2D eigenvalue weighted by Gasteiger charge is 2.23. The first-order valence-electron chi connectivity index (χ1n) is 10.5. The Morgan fingerprint density at radius 2 is 2.19 bits per heavy atom. The molecule has 2 unspecified atom stereocenters. The summed E-state index contributed by atoms with van der Waals surface area (Å²) in [5, 5.41) is 25.4. The number of aliphatic hydroxyl groups is 1. The van der Waals surface area contributed by atoms with Gasteiger partial charge < -0.3 is 15.2 Å². The quantitative estimate of drug-likeness (QED) is 0.451. The van der Waals surface area contributed by atoms with Gasteiger partial charge in [-0.15, -0.1) is 5.10 Å². The van der Waals surface area contributed by atoms with Gasteiger partial charge in [-0.05, 0) is 31.4 Å². The van der Waals surface area contributed by atoms with E-state index in [1.54, 1.807) is 42.5 Å². The lowest BCUT2D eigenvalue weighted by atomic mass is 10.1. The van der Waals surface area contributed by atoms with Crippen LogP contribution in [0.5, 0.6) is 0 Å². The largest absolute Gasteiger partial charge is 0.393 e. The summed E-state index contributed by atoms with van der Waals surface area (Å²) in [6.45, 7) is 1.12. The van der Waals surface area contributed by atoms with Gasteiger partial charge in [-0.2, -0.15) is 14.8 Å².